The molecule has 1 aromatic heterocycles. The SMILES string of the molecule is C=CCn1c(SCC(=O)NCCc2ccccc2)nnc1C(C)Oc1cccc(C)c1C. The van der Waals surface area contributed by atoms with Gasteiger partial charge in [-0.3, -0.25) is 9.36 Å². The van der Waals surface area contributed by atoms with Gasteiger partial charge in [-0.05, 0) is 49.9 Å². The Morgan fingerprint density at radius 3 is 2.72 bits per heavy atom. The number of nitrogens with zero attached hydrogens (tertiary/aromatic N) is 3. The minimum Gasteiger partial charge on any atom is -0.482 e. The Hall–Kier alpha value is -3.06. The molecule has 0 bridgehead atoms. The van der Waals surface area contributed by atoms with Crippen LogP contribution in [0.15, 0.2) is 66.3 Å². The van der Waals surface area contributed by atoms with Crippen LogP contribution in [0.1, 0.15) is 35.5 Å². The second-order valence-corrected chi connectivity index (χ2v) is 8.51. The van der Waals surface area contributed by atoms with Crippen LogP contribution >= 0.6 is 11.8 Å². The van der Waals surface area contributed by atoms with Gasteiger partial charge in [0.05, 0.1) is 5.75 Å². The molecule has 6 nitrogen and oxygen atoms in total. The zero-order valence-corrected chi connectivity index (χ0v) is 19.7. The normalized spacial score (nSPS) is 11.7. The summed E-state index contributed by atoms with van der Waals surface area (Å²) >= 11 is 1.37. The molecule has 2 aromatic carbocycles. The minimum atomic E-state index is -0.294. The number of nitrogens with one attached hydrogen (secondary N) is 1. The first-order valence-electron chi connectivity index (χ1n) is 10.7. The monoisotopic (exact) mass is 450 g/mol. The number of benzene rings is 2. The Morgan fingerprint density at radius 1 is 1.19 bits per heavy atom. The van der Waals surface area contributed by atoms with Gasteiger partial charge in [-0.2, -0.15) is 0 Å². The molecule has 7 heteroatoms. The molecule has 0 aliphatic rings. The maximum Gasteiger partial charge on any atom is 0.230 e. The number of hydrogen-bond donors (Lipinski definition) is 1. The highest BCUT2D eigenvalue weighted by Gasteiger charge is 2.20. The maximum atomic E-state index is 12.3. The van der Waals surface area contributed by atoms with Crippen molar-refractivity contribution in [1.82, 2.24) is 20.1 Å². The third kappa shape index (κ3) is 6.23. The van der Waals surface area contributed by atoms with Gasteiger partial charge in [0, 0.05) is 13.1 Å². The van der Waals surface area contributed by atoms with Crippen LogP contribution in [-0.2, 0) is 17.8 Å². The Kier molecular flexibility index (Phi) is 8.50. The van der Waals surface area contributed by atoms with Crippen LogP contribution in [0, 0.1) is 13.8 Å². The second-order valence-electron chi connectivity index (χ2n) is 7.57. The van der Waals surface area contributed by atoms with Crippen molar-refractivity contribution in [1.29, 1.82) is 0 Å². The van der Waals surface area contributed by atoms with E-state index in [4.69, 9.17) is 4.74 Å². The summed E-state index contributed by atoms with van der Waals surface area (Å²) in [5, 5.41) is 12.3. The van der Waals surface area contributed by atoms with Crippen molar-refractivity contribution >= 4 is 17.7 Å². The number of rotatable bonds is 11. The van der Waals surface area contributed by atoms with Crippen LogP contribution in [0.25, 0.3) is 0 Å². The van der Waals surface area contributed by atoms with E-state index in [2.05, 4.69) is 47.2 Å². The number of amides is 1. The van der Waals surface area contributed by atoms with E-state index in [1.54, 1.807) is 6.08 Å². The lowest BCUT2D eigenvalue weighted by Crippen LogP contribution is -2.27. The lowest BCUT2D eigenvalue weighted by Gasteiger charge is -2.18. The summed E-state index contributed by atoms with van der Waals surface area (Å²) < 4.78 is 8.14. The van der Waals surface area contributed by atoms with Gasteiger partial charge in [-0.1, -0.05) is 60.3 Å². The van der Waals surface area contributed by atoms with Crippen molar-refractivity contribution in [2.45, 2.75) is 45.0 Å². The van der Waals surface area contributed by atoms with E-state index in [0.717, 1.165) is 17.7 Å². The van der Waals surface area contributed by atoms with Crippen molar-refractivity contribution < 1.29 is 9.53 Å². The summed E-state index contributed by atoms with van der Waals surface area (Å²) in [6.07, 6.45) is 2.31. The van der Waals surface area contributed by atoms with E-state index >= 15 is 0 Å². The first kappa shape index (κ1) is 23.6. The fourth-order valence-electron chi connectivity index (χ4n) is 3.28. The Morgan fingerprint density at radius 2 is 1.97 bits per heavy atom. The third-order valence-electron chi connectivity index (χ3n) is 5.19. The van der Waals surface area contributed by atoms with Crippen molar-refractivity contribution in [3.05, 3.63) is 83.7 Å². The number of hydrogen-bond acceptors (Lipinski definition) is 5. The first-order chi connectivity index (χ1) is 15.5. The van der Waals surface area contributed by atoms with E-state index in [9.17, 15) is 4.79 Å². The van der Waals surface area contributed by atoms with Crippen molar-refractivity contribution in [3.8, 4) is 5.75 Å². The van der Waals surface area contributed by atoms with Crippen LogP contribution in [0.5, 0.6) is 5.75 Å². The van der Waals surface area contributed by atoms with Gasteiger partial charge in [0.15, 0.2) is 17.1 Å². The summed E-state index contributed by atoms with van der Waals surface area (Å²) in [6, 6.07) is 16.1. The number of aryl methyl sites for hydroxylation is 1. The molecular weight excluding hydrogens is 420 g/mol. The van der Waals surface area contributed by atoms with Crippen molar-refractivity contribution in [2.75, 3.05) is 12.3 Å². The lowest BCUT2D eigenvalue weighted by molar-refractivity contribution is -0.118. The second kappa shape index (κ2) is 11.5. The average Bonchev–Trinajstić information content (AvgIpc) is 3.19. The molecule has 0 spiro atoms. The van der Waals surface area contributed by atoms with E-state index in [1.165, 1.54) is 22.9 Å². The van der Waals surface area contributed by atoms with Crippen LogP contribution in [0.2, 0.25) is 0 Å². The predicted octanol–water partition coefficient (Wildman–Crippen LogP) is 4.67. The molecular formula is C25H30N4O2S. The van der Waals surface area contributed by atoms with Gasteiger partial charge >= 0.3 is 0 Å². The van der Waals surface area contributed by atoms with Gasteiger partial charge in [0.1, 0.15) is 5.75 Å². The quantitative estimate of drug-likeness (QED) is 0.340. The number of aromatic nitrogens is 3. The number of thioether (sulfide) groups is 1. The molecule has 168 valence electrons. The molecule has 1 N–H and O–H groups in total. The Labute approximate surface area is 194 Å². The summed E-state index contributed by atoms with van der Waals surface area (Å²) in [6.45, 7) is 11.1. The summed E-state index contributed by atoms with van der Waals surface area (Å²) in [7, 11) is 0. The number of carbonyl (C=O) groups excluding carboxylic acids is 1. The Bertz CT molecular complexity index is 1050. The summed E-state index contributed by atoms with van der Waals surface area (Å²) in [5.41, 5.74) is 3.49. The summed E-state index contributed by atoms with van der Waals surface area (Å²) in [4.78, 5) is 12.3. The smallest absolute Gasteiger partial charge is 0.230 e. The largest absolute Gasteiger partial charge is 0.482 e. The fraction of sp³-hybridized carbons (Fsp3) is 0.320. The highest BCUT2D eigenvalue weighted by atomic mass is 32.2. The molecule has 0 saturated carbocycles. The van der Waals surface area contributed by atoms with Crippen LogP contribution in [0.3, 0.4) is 0 Å². The highest BCUT2D eigenvalue weighted by Crippen LogP contribution is 2.28. The van der Waals surface area contributed by atoms with E-state index in [1.807, 2.05) is 48.7 Å². The molecule has 0 aliphatic carbocycles. The molecule has 0 radical (unpaired) electrons. The molecule has 1 amide bonds. The molecule has 3 rings (SSSR count). The van der Waals surface area contributed by atoms with E-state index in [0.29, 0.717) is 24.1 Å². The third-order valence-corrected chi connectivity index (χ3v) is 6.16. The molecule has 32 heavy (non-hydrogen) atoms. The molecule has 1 unspecified atom stereocenters. The first-order valence-corrected chi connectivity index (χ1v) is 11.7. The van der Waals surface area contributed by atoms with Crippen molar-refractivity contribution in [2.24, 2.45) is 0 Å². The van der Waals surface area contributed by atoms with Crippen LogP contribution < -0.4 is 10.1 Å². The molecule has 0 fully saturated rings. The molecule has 3 aromatic rings. The summed E-state index contributed by atoms with van der Waals surface area (Å²) in [5.74, 6) is 1.78. The van der Waals surface area contributed by atoms with Gasteiger partial charge in [-0.25, -0.2) is 0 Å². The van der Waals surface area contributed by atoms with Gasteiger partial charge < -0.3 is 10.1 Å². The molecule has 0 saturated heterocycles. The molecule has 1 atom stereocenters. The standard InChI is InChI=1S/C25H30N4O2S/c1-5-16-29-24(20(4)31-22-13-9-10-18(2)19(22)3)27-28-25(29)32-17-23(30)26-15-14-21-11-7-6-8-12-21/h5-13,20H,1,14-17H2,2-4H3,(H,26,30). The highest BCUT2D eigenvalue weighted by molar-refractivity contribution is 7.99. The van der Waals surface area contributed by atoms with Crippen molar-refractivity contribution in [3.63, 3.8) is 0 Å². The number of carbonyl (C=O) groups is 1. The maximum absolute atomic E-state index is 12.3. The van der Waals surface area contributed by atoms with Crippen LogP contribution in [-0.4, -0.2) is 33.0 Å². The zero-order valence-electron chi connectivity index (χ0n) is 18.9. The molecule has 1 heterocycles. The minimum absolute atomic E-state index is 0.0275. The van der Waals surface area contributed by atoms with Gasteiger partial charge in [0.25, 0.3) is 0 Å². The van der Waals surface area contributed by atoms with Gasteiger partial charge in [0.2, 0.25) is 5.91 Å². The zero-order chi connectivity index (χ0) is 22.9. The van der Waals surface area contributed by atoms with E-state index < -0.39 is 0 Å². The fourth-order valence-corrected chi connectivity index (χ4v) is 4.06. The number of ether oxygens (including phenoxy) is 1. The van der Waals surface area contributed by atoms with Gasteiger partial charge in [-0.15, -0.1) is 16.8 Å². The van der Waals surface area contributed by atoms with E-state index in [-0.39, 0.29) is 17.8 Å². The molecule has 0 aliphatic heterocycles. The predicted molar refractivity (Wildman–Crippen MR) is 129 cm³/mol. The number of allylic oxidation sites excluding steroid dienone is 1. The Balaban J connectivity index is 1.59. The average molecular weight is 451 g/mol. The topological polar surface area (TPSA) is 69.0 Å². The lowest BCUT2D eigenvalue weighted by atomic mass is 10.1. The van der Waals surface area contributed by atoms with Crippen LogP contribution in [0.4, 0.5) is 0 Å².